The summed E-state index contributed by atoms with van der Waals surface area (Å²) < 4.78 is 7.24. The molecule has 0 radical (unpaired) electrons. The number of hydrogen-bond acceptors (Lipinski definition) is 6. The van der Waals surface area contributed by atoms with E-state index < -0.39 is 0 Å². The molecular weight excluding hydrogens is 406 g/mol. The number of fused-ring (bicyclic) bond motifs is 2. The second kappa shape index (κ2) is 6.85. The van der Waals surface area contributed by atoms with Crippen LogP contribution in [0.25, 0.3) is 49.1 Å². The molecule has 0 saturated carbocycles. The zero-order valence-corrected chi connectivity index (χ0v) is 17.7. The van der Waals surface area contributed by atoms with Crippen LogP contribution in [-0.2, 0) is 0 Å². The van der Waals surface area contributed by atoms with Crippen molar-refractivity contribution in [2.45, 2.75) is 13.8 Å². The normalized spacial score (nSPS) is 11.5. The van der Waals surface area contributed by atoms with Crippen LogP contribution < -0.4 is 0 Å². The third-order valence-electron chi connectivity index (χ3n) is 5.35. The van der Waals surface area contributed by atoms with Gasteiger partial charge in [-0.05, 0) is 38.1 Å². The highest BCUT2D eigenvalue weighted by Crippen LogP contribution is 2.36. The summed E-state index contributed by atoms with van der Waals surface area (Å²) >= 11 is 1.52. The smallest absolute Gasteiger partial charge is 0.235 e. The molecule has 150 valence electrons. The van der Waals surface area contributed by atoms with Gasteiger partial charge in [-0.15, -0.1) is 10.2 Å². The van der Waals surface area contributed by atoms with Crippen molar-refractivity contribution >= 4 is 27.2 Å². The van der Waals surface area contributed by atoms with Crippen LogP contribution in [0.3, 0.4) is 0 Å². The monoisotopic (exact) mass is 423 g/mol. The summed E-state index contributed by atoms with van der Waals surface area (Å²) in [6.45, 7) is 4.00. The van der Waals surface area contributed by atoms with E-state index in [-0.39, 0.29) is 0 Å². The molecule has 0 amide bonds. The average Bonchev–Trinajstić information content (AvgIpc) is 3.49. The van der Waals surface area contributed by atoms with Crippen molar-refractivity contribution in [2.24, 2.45) is 0 Å². The van der Waals surface area contributed by atoms with Crippen molar-refractivity contribution in [3.63, 3.8) is 0 Å². The molecular formula is C24H17N5OS. The Labute approximate surface area is 181 Å². The van der Waals surface area contributed by atoms with Gasteiger partial charge in [-0.3, -0.25) is 0 Å². The van der Waals surface area contributed by atoms with Gasteiger partial charge in [0, 0.05) is 16.5 Å². The second-order valence-corrected chi connectivity index (χ2v) is 8.41. The Balaban J connectivity index is 1.60. The maximum atomic E-state index is 5.45. The summed E-state index contributed by atoms with van der Waals surface area (Å²) in [6, 6.07) is 20.5. The lowest BCUT2D eigenvalue weighted by molar-refractivity contribution is 0.535. The van der Waals surface area contributed by atoms with Gasteiger partial charge in [0.2, 0.25) is 4.96 Å². The first-order valence-corrected chi connectivity index (χ1v) is 10.7. The minimum atomic E-state index is 0.682. The summed E-state index contributed by atoms with van der Waals surface area (Å²) in [4.78, 5) is 5.65. The van der Waals surface area contributed by atoms with Gasteiger partial charge < -0.3 is 4.42 Å². The Hall–Kier alpha value is -3.84. The van der Waals surface area contributed by atoms with Gasteiger partial charge in [0.05, 0.1) is 23.0 Å². The van der Waals surface area contributed by atoms with Gasteiger partial charge in [-0.25, -0.2) is 4.98 Å². The lowest BCUT2D eigenvalue weighted by Crippen LogP contribution is -1.93. The zero-order chi connectivity index (χ0) is 20.9. The van der Waals surface area contributed by atoms with Crippen LogP contribution in [0.1, 0.15) is 11.3 Å². The number of aryl methyl sites for hydroxylation is 2. The fourth-order valence-electron chi connectivity index (χ4n) is 3.78. The SMILES string of the molecule is Cc1ccc2nc(-c3ccccc3)cc(-c3nn4c(-c5ccoc5C)nnc4s3)c2c1. The predicted octanol–water partition coefficient (Wildman–Crippen LogP) is 5.94. The van der Waals surface area contributed by atoms with E-state index in [1.54, 1.807) is 10.8 Å². The molecule has 7 heteroatoms. The van der Waals surface area contributed by atoms with Crippen LogP contribution in [0.2, 0.25) is 0 Å². The number of pyridine rings is 1. The number of rotatable bonds is 3. The molecule has 0 aliphatic rings. The van der Waals surface area contributed by atoms with Gasteiger partial charge in [0.1, 0.15) is 10.8 Å². The number of furan rings is 1. The van der Waals surface area contributed by atoms with Crippen LogP contribution in [0.15, 0.2) is 71.3 Å². The summed E-state index contributed by atoms with van der Waals surface area (Å²) in [5.74, 6) is 1.47. The fraction of sp³-hybridized carbons (Fsp3) is 0.0833. The molecule has 6 nitrogen and oxygen atoms in total. The van der Waals surface area contributed by atoms with Crippen molar-refractivity contribution in [1.82, 2.24) is 24.8 Å². The molecule has 0 spiro atoms. The van der Waals surface area contributed by atoms with Crippen molar-refractivity contribution in [1.29, 1.82) is 0 Å². The largest absolute Gasteiger partial charge is 0.469 e. The fourth-order valence-corrected chi connectivity index (χ4v) is 4.65. The van der Waals surface area contributed by atoms with E-state index in [1.807, 2.05) is 31.2 Å². The molecule has 6 rings (SSSR count). The highest BCUT2D eigenvalue weighted by molar-refractivity contribution is 7.20. The number of hydrogen-bond donors (Lipinski definition) is 0. The van der Waals surface area contributed by atoms with E-state index in [0.717, 1.165) is 49.0 Å². The first-order valence-electron chi connectivity index (χ1n) is 9.91. The van der Waals surface area contributed by atoms with Gasteiger partial charge in [-0.1, -0.05) is 53.3 Å². The van der Waals surface area contributed by atoms with Crippen LogP contribution >= 0.6 is 11.3 Å². The van der Waals surface area contributed by atoms with Crippen LogP contribution in [0.4, 0.5) is 0 Å². The maximum absolute atomic E-state index is 5.45. The summed E-state index contributed by atoms with van der Waals surface area (Å²) in [5, 5.41) is 15.5. The molecule has 0 bridgehead atoms. The Morgan fingerprint density at radius 1 is 0.903 bits per heavy atom. The molecule has 0 aliphatic carbocycles. The molecule has 6 aromatic rings. The lowest BCUT2D eigenvalue weighted by atomic mass is 10.0. The quantitative estimate of drug-likeness (QED) is 0.352. The molecule has 0 N–H and O–H groups in total. The highest BCUT2D eigenvalue weighted by atomic mass is 32.1. The Morgan fingerprint density at radius 2 is 1.77 bits per heavy atom. The molecule has 0 aliphatic heterocycles. The third-order valence-corrected chi connectivity index (χ3v) is 6.29. The zero-order valence-electron chi connectivity index (χ0n) is 16.9. The highest BCUT2D eigenvalue weighted by Gasteiger charge is 2.19. The molecule has 2 aromatic carbocycles. The molecule has 0 fully saturated rings. The molecule has 0 saturated heterocycles. The van der Waals surface area contributed by atoms with Gasteiger partial charge in [0.15, 0.2) is 5.82 Å². The predicted molar refractivity (Wildman–Crippen MR) is 122 cm³/mol. The molecule has 31 heavy (non-hydrogen) atoms. The Bertz CT molecular complexity index is 1560. The Kier molecular flexibility index (Phi) is 3.97. The summed E-state index contributed by atoms with van der Waals surface area (Å²) in [5.41, 5.74) is 6.05. The number of benzene rings is 2. The minimum Gasteiger partial charge on any atom is -0.469 e. The molecule has 4 heterocycles. The van der Waals surface area contributed by atoms with E-state index in [4.69, 9.17) is 14.5 Å². The van der Waals surface area contributed by atoms with Crippen molar-refractivity contribution in [3.8, 4) is 33.2 Å². The van der Waals surface area contributed by atoms with Crippen molar-refractivity contribution in [3.05, 3.63) is 78.3 Å². The topological polar surface area (TPSA) is 69.1 Å². The number of nitrogens with zero attached hydrogens (tertiary/aromatic N) is 5. The van der Waals surface area contributed by atoms with Crippen molar-refractivity contribution in [2.75, 3.05) is 0 Å². The van der Waals surface area contributed by atoms with Gasteiger partial charge in [0.25, 0.3) is 0 Å². The van der Waals surface area contributed by atoms with Gasteiger partial charge in [-0.2, -0.15) is 9.61 Å². The molecule has 0 unspecified atom stereocenters. The molecule has 4 aromatic heterocycles. The lowest BCUT2D eigenvalue weighted by Gasteiger charge is -2.09. The van der Waals surface area contributed by atoms with E-state index in [1.165, 1.54) is 16.9 Å². The van der Waals surface area contributed by atoms with Crippen LogP contribution in [-0.4, -0.2) is 24.8 Å². The van der Waals surface area contributed by atoms with Crippen LogP contribution in [0.5, 0.6) is 0 Å². The van der Waals surface area contributed by atoms with E-state index in [0.29, 0.717) is 5.82 Å². The third kappa shape index (κ3) is 2.93. The van der Waals surface area contributed by atoms with Crippen LogP contribution in [0, 0.1) is 13.8 Å². The maximum Gasteiger partial charge on any atom is 0.235 e. The van der Waals surface area contributed by atoms with Gasteiger partial charge >= 0.3 is 0 Å². The van der Waals surface area contributed by atoms with E-state index >= 15 is 0 Å². The minimum absolute atomic E-state index is 0.682. The first kappa shape index (κ1) is 18.0. The van der Waals surface area contributed by atoms with E-state index in [9.17, 15) is 0 Å². The van der Waals surface area contributed by atoms with Crippen molar-refractivity contribution < 1.29 is 4.42 Å². The number of aromatic nitrogens is 5. The summed E-state index contributed by atoms with van der Waals surface area (Å²) in [7, 11) is 0. The molecule has 0 atom stereocenters. The Morgan fingerprint density at radius 3 is 2.58 bits per heavy atom. The standard InChI is InChI=1S/C24H17N5OS/c1-14-8-9-20-18(12-14)19(13-21(25-20)16-6-4-3-5-7-16)23-28-29-22(26-27-24(29)31-23)17-10-11-30-15(17)2/h3-13H,1-2H3. The second-order valence-electron chi connectivity index (χ2n) is 7.46. The summed E-state index contributed by atoms with van der Waals surface area (Å²) in [6.07, 6.45) is 1.66. The first-order chi connectivity index (χ1) is 15.2. The average molecular weight is 424 g/mol. The van der Waals surface area contributed by atoms with E-state index in [2.05, 4.69) is 53.5 Å².